The Morgan fingerprint density at radius 2 is 1.93 bits per heavy atom. The van der Waals surface area contributed by atoms with Crippen molar-refractivity contribution in [3.05, 3.63) is 47.3 Å². The van der Waals surface area contributed by atoms with Crippen molar-refractivity contribution in [1.82, 2.24) is 25.3 Å². The van der Waals surface area contributed by atoms with E-state index < -0.39 is 0 Å². The second-order valence-corrected chi connectivity index (χ2v) is 7.22. The van der Waals surface area contributed by atoms with Crippen LogP contribution in [0.25, 0.3) is 5.69 Å². The van der Waals surface area contributed by atoms with Crippen molar-refractivity contribution < 1.29 is 0 Å². The summed E-state index contributed by atoms with van der Waals surface area (Å²) in [4.78, 5) is 6.90. The van der Waals surface area contributed by atoms with Crippen molar-refractivity contribution in [1.29, 1.82) is 0 Å². The van der Waals surface area contributed by atoms with E-state index in [2.05, 4.69) is 62.9 Å². The van der Waals surface area contributed by atoms with Crippen LogP contribution in [0.4, 0.5) is 0 Å². The second-order valence-electron chi connectivity index (χ2n) is 7.22. The highest BCUT2D eigenvalue weighted by Crippen LogP contribution is 2.16. The van der Waals surface area contributed by atoms with Gasteiger partial charge in [0, 0.05) is 25.8 Å². The number of hydrogen-bond donors (Lipinski definition) is 2. The molecule has 146 valence electrons. The van der Waals surface area contributed by atoms with E-state index in [1.54, 1.807) is 0 Å². The van der Waals surface area contributed by atoms with Gasteiger partial charge in [-0.3, -0.25) is 4.99 Å². The molecular weight excluding hydrogens is 336 g/mol. The molecule has 0 spiro atoms. The Labute approximate surface area is 162 Å². The fourth-order valence-electron chi connectivity index (χ4n) is 3.65. The van der Waals surface area contributed by atoms with Crippen LogP contribution in [0.2, 0.25) is 0 Å². The first-order valence-electron chi connectivity index (χ1n) is 9.96. The van der Waals surface area contributed by atoms with E-state index in [9.17, 15) is 0 Å². The van der Waals surface area contributed by atoms with Gasteiger partial charge in [0.05, 0.1) is 11.4 Å². The first kappa shape index (κ1) is 19.4. The fraction of sp³-hybridized carbons (Fsp3) is 0.524. The number of aromatic nitrogens is 2. The maximum atomic E-state index is 4.63. The van der Waals surface area contributed by atoms with Crippen molar-refractivity contribution in [3.8, 4) is 5.69 Å². The maximum Gasteiger partial charge on any atom is 0.191 e. The maximum absolute atomic E-state index is 4.63. The molecule has 1 aromatic heterocycles. The quantitative estimate of drug-likeness (QED) is 0.448. The minimum Gasteiger partial charge on any atom is -0.356 e. The zero-order chi connectivity index (χ0) is 19.1. The Bertz CT molecular complexity index is 758. The number of guanidine groups is 1. The summed E-state index contributed by atoms with van der Waals surface area (Å²) >= 11 is 0. The van der Waals surface area contributed by atoms with Crippen molar-refractivity contribution in [3.63, 3.8) is 0 Å². The van der Waals surface area contributed by atoms with Gasteiger partial charge in [-0.25, -0.2) is 4.68 Å². The second kappa shape index (κ2) is 9.55. The van der Waals surface area contributed by atoms with Crippen LogP contribution in [-0.4, -0.2) is 53.9 Å². The first-order valence-corrected chi connectivity index (χ1v) is 9.96. The van der Waals surface area contributed by atoms with Gasteiger partial charge >= 0.3 is 0 Å². The van der Waals surface area contributed by atoms with E-state index >= 15 is 0 Å². The van der Waals surface area contributed by atoms with Crippen LogP contribution in [0.1, 0.15) is 36.2 Å². The van der Waals surface area contributed by atoms with Crippen molar-refractivity contribution >= 4 is 5.96 Å². The molecule has 0 atom stereocenters. The zero-order valence-corrected chi connectivity index (χ0v) is 16.8. The number of nitrogens with one attached hydrogen (secondary N) is 2. The van der Waals surface area contributed by atoms with Crippen LogP contribution in [0, 0.1) is 13.8 Å². The molecule has 1 aliphatic rings. The van der Waals surface area contributed by atoms with Gasteiger partial charge in [-0.1, -0.05) is 18.2 Å². The standard InChI is InChI=1S/C21H32N6/c1-17-15-18(2)27(25-17)20-10-5-4-9-19(20)16-24-21(22-3)23-11-8-14-26-12-6-7-13-26/h4-5,9-10,15H,6-8,11-14,16H2,1-3H3,(H2,22,23,24). The Balaban J connectivity index is 1.53. The van der Waals surface area contributed by atoms with E-state index in [1.807, 2.05) is 18.7 Å². The molecule has 0 radical (unpaired) electrons. The molecule has 2 heterocycles. The Morgan fingerprint density at radius 1 is 1.15 bits per heavy atom. The molecule has 0 saturated carbocycles. The average Bonchev–Trinajstić information content (AvgIpc) is 3.30. The smallest absolute Gasteiger partial charge is 0.191 e. The summed E-state index contributed by atoms with van der Waals surface area (Å²) in [5.41, 5.74) is 4.49. The van der Waals surface area contributed by atoms with E-state index in [0.717, 1.165) is 36.0 Å². The lowest BCUT2D eigenvalue weighted by molar-refractivity contribution is 0.334. The average molecular weight is 369 g/mol. The van der Waals surface area contributed by atoms with Crippen LogP contribution < -0.4 is 10.6 Å². The highest BCUT2D eigenvalue weighted by Gasteiger charge is 2.11. The van der Waals surface area contributed by atoms with Gasteiger partial charge in [-0.2, -0.15) is 5.10 Å². The van der Waals surface area contributed by atoms with Crippen LogP contribution in [-0.2, 0) is 6.54 Å². The number of para-hydroxylation sites is 1. The summed E-state index contributed by atoms with van der Waals surface area (Å²) < 4.78 is 2.01. The molecule has 2 N–H and O–H groups in total. The predicted molar refractivity (Wildman–Crippen MR) is 112 cm³/mol. The molecule has 1 aromatic carbocycles. The zero-order valence-electron chi connectivity index (χ0n) is 16.8. The van der Waals surface area contributed by atoms with Crippen LogP contribution >= 0.6 is 0 Å². The number of hydrogen-bond acceptors (Lipinski definition) is 3. The number of nitrogens with zero attached hydrogens (tertiary/aromatic N) is 4. The molecule has 0 amide bonds. The van der Waals surface area contributed by atoms with Crippen LogP contribution in [0.15, 0.2) is 35.3 Å². The van der Waals surface area contributed by atoms with E-state index in [0.29, 0.717) is 6.54 Å². The monoisotopic (exact) mass is 368 g/mol. The third-order valence-corrected chi connectivity index (χ3v) is 5.04. The molecule has 0 aliphatic carbocycles. The Kier molecular flexibility index (Phi) is 6.87. The molecule has 0 bridgehead atoms. The number of aryl methyl sites for hydroxylation is 2. The molecule has 6 heteroatoms. The topological polar surface area (TPSA) is 57.5 Å². The number of benzene rings is 1. The molecule has 27 heavy (non-hydrogen) atoms. The number of rotatable bonds is 7. The highest BCUT2D eigenvalue weighted by molar-refractivity contribution is 5.79. The first-order chi connectivity index (χ1) is 13.2. The molecule has 3 rings (SSSR count). The third-order valence-electron chi connectivity index (χ3n) is 5.04. The molecule has 1 fully saturated rings. The van der Waals surface area contributed by atoms with E-state index in [4.69, 9.17) is 0 Å². The lowest BCUT2D eigenvalue weighted by atomic mass is 10.1. The summed E-state index contributed by atoms with van der Waals surface area (Å²) in [5, 5.41) is 11.5. The summed E-state index contributed by atoms with van der Waals surface area (Å²) in [6.07, 6.45) is 3.85. The predicted octanol–water partition coefficient (Wildman–Crippen LogP) is 2.64. The third kappa shape index (κ3) is 5.32. The Hall–Kier alpha value is -2.34. The minimum atomic E-state index is 0.709. The summed E-state index contributed by atoms with van der Waals surface area (Å²) in [6, 6.07) is 10.5. The molecule has 1 aliphatic heterocycles. The molecule has 2 aromatic rings. The molecule has 1 saturated heterocycles. The van der Waals surface area contributed by atoms with Crippen molar-refractivity contribution in [2.75, 3.05) is 33.2 Å². The van der Waals surface area contributed by atoms with Crippen molar-refractivity contribution in [2.45, 2.75) is 39.7 Å². The largest absolute Gasteiger partial charge is 0.356 e. The normalized spacial score (nSPS) is 15.3. The summed E-state index contributed by atoms with van der Waals surface area (Å²) in [7, 11) is 1.82. The molecule has 6 nitrogen and oxygen atoms in total. The van der Waals surface area contributed by atoms with Gasteiger partial charge in [0.25, 0.3) is 0 Å². The highest BCUT2D eigenvalue weighted by atomic mass is 15.3. The summed E-state index contributed by atoms with van der Waals surface area (Å²) in [6.45, 7) is 9.45. The minimum absolute atomic E-state index is 0.709. The van der Waals surface area contributed by atoms with E-state index in [-0.39, 0.29) is 0 Å². The summed E-state index contributed by atoms with van der Waals surface area (Å²) in [5.74, 6) is 0.847. The number of aliphatic imine (C=N–C) groups is 1. The fourth-order valence-corrected chi connectivity index (χ4v) is 3.65. The van der Waals surface area contributed by atoms with Gasteiger partial charge in [0.15, 0.2) is 5.96 Å². The number of likely N-dealkylation sites (tertiary alicyclic amines) is 1. The van der Waals surface area contributed by atoms with E-state index in [1.165, 1.54) is 38.0 Å². The molecule has 0 unspecified atom stereocenters. The van der Waals surface area contributed by atoms with Gasteiger partial charge in [-0.15, -0.1) is 0 Å². The van der Waals surface area contributed by atoms with Crippen LogP contribution in [0.3, 0.4) is 0 Å². The van der Waals surface area contributed by atoms with Crippen molar-refractivity contribution in [2.24, 2.45) is 4.99 Å². The van der Waals surface area contributed by atoms with Gasteiger partial charge in [0.2, 0.25) is 0 Å². The lowest BCUT2D eigenvalue weighted by Gasteiger charge is -2.17. The van der Waals surface area contributed by atoms with Gasteiger partial charge in [-0.05, 0) is 70.4 Å². The lowest BCUT2D eigenvalue weighted by Crippen LogP contribution is -2.38. The van der Waals surface area contributed by atoms with Gasteiger partial charge < -0.3 is 15.5 Å². The molecular formula is C21H32N6. The Morgan fingerprint density at radius 3 is 2.63 bits per heavy atom. The van der Waals surface area contributed by atoms with Crippen LogP contribution in [0.5, 0.6) is 0 Å². The SMILES string of the molecule is CN=C(NCCCN1CCCC1)NCc1ccccc1-n1nc(C)cc1C. The van der Waals surface area contributed by atoms with Gasteiger partial charge in [0.1, 0.15) is 0 Å².